The SMILES string of the molecule is COc1ccc(-n2ncc3c2C[C@H]2c4cc(OC)c(OC)cc4CCN2C3=O)cc1. The molecule has 2 aliphatic rings. The van der Waals surface area contributed by atoms with Crippen molar-refractivity contribution >= 4 is 5.91 Å². The first-order valence-electron chi connectivity index (χ1n) is 9.91. The first-order chi connectivity index (χ1) is 14.6. The zero-order valence-electron chi connectivity index (χ0n) is 17.2. The van der Waals surface area contributed by atoms with Crippen molar-refractivity contribution < 1.29 is 19.0 Å². The Balaban J connectivity index is 1.58. The van der Waals surface area contributed by atoms with Gasteiger partial charge >= 0.3 is 0 Å². The van der Waals surface area contributed by atoms with Gasteiger partial charge < -0.3 is 19.1 Å². The first-order valence-corrected chi connectivity index (χ1v) is 9.91. The van der Waals surface area contributed by atoms with Gasteiger partial charge in [-0.3, -0.25) is 4.79 Å². The van der Waals surface area contributed by atoms with Gasteiger partial charge in [0.05, 0.1) is 50.5 Å². The van der Waals surface area contributed by atoms with E-state index < -0.39 is 0 Å². The molecule has 7 nitrogen and oxygen atoms in total. The maximum atomic E-state index is 13.3. The van der Waals surface area contributed by atoms with Crippen LogP contribution in [0.1, 0.15) is 33.2 Å². The second-order valence-corrected chi connectivity index (χ2v) is 7.49. The van der Waals surface area contributed by atoms with Crippen molar-refractivity contribution in [2.45, 2.75) is 18.9 Å². The van der Waals surface area contributed by atoms with Crippen LogP contribution < -0.4 is 14.2 Å². The minimum Gasteiger partial charge on any atom is -0.497 e. The molecule has 7 heteroatoms. The highest BCUT2D eigenvalue weighted by Gasteiger charge is 2.39. The predicted octanol–water partition coefficient (Wildman–Crippen LogP) is 3.19. The summed E-state index contributed by atoms with van der Waals surface area (Å²) in [6.07, 6.45) is 3.16. The molecule has 0 radical (unpaired) electrons. The number of ether oxygens (including phenoxy) is 3. The van der Waals surface area contributed by atoms with E-state index in [-0.39, 0.29) is 11.9 Å². The molecule has 5 rings (SSSR count). The number of nitrogens with zero attached hydrogens (tertiary/aromatic N) is 3. The van der Waals surface area contributed by atoms with E-state index in [4.69, 9.17) is 14.2 Å². The molecule has 0 saturated carbocycles. The minimum absolute atomic E-state index is 0.0291. The maximum absolute atomic E-state index is 13.3. The largest absolute Gasteiger partial charge is 0.497 e. The maximum Gasteiger partial charge on any atom is 0.257 e. The second kappa shape index (κ2) is 7.09. The predicted molar refractivity (Wildman–Crippen MR) is 111 cm³/mol. The number of hydrogen-bond acceptors (Lipinski definition) is 5. The van der Waals surface area contributed by atoms with Gasteiger partial charge in [-0.05, 0) is 53.9 Å². The van der Waals surface area contributed by atoms with Gasteiger partial charge in [0.1, 0.15) is 5.75 Å². The molecule has 3 aromatic rings. The molecular weight excluding hydrogens is 382 g/mol. The van der Waals surface area contributed by atoms with Gasteiger partial charge in [0.15, 0.2) is 11.5 Å². The zero-order chi connectivity index (χ0) is 20.8. The van der Waals surface area contributed by atoms with Gasteiger partial charge in [-0.2, -0.15) is 5.10 Å². The van der Waals surface area contributed by atoms with E-state index in [2.05, 4.69) is 5.10 Å². The number of carbonyl (C=O) groups excluding carboxylic acids is 1. The summed E-state index contributed by atoms with van der Waals surface area (Å²) in [6.45, 7) is 0.680. The van der Waals surface area contributed by atoms with Crippen molar-refractivity contribution in [3.8, 4) is 22.9 Å². The van der Waals surface area contributed by atoms with Gasteiger partial charge in [-0.25, -0.2) is 4.68 Å². The van der Waals surface area contributed by atoms with Crippen molar-refractivity contribution in [1.82, 2.24) is 14.7 Å². The van der Waals surface area contributed by atoms with Crippen molar-refractivity contribution in [3.63, 3.8) is 0 Å². The highest BCUT2D eigenvalue weighted by atomic mass is 16.5. The van der Waals surface area contributed by atoms with E-state index in [1.165, 1.54) is 5.56 Å². The van der Waals surface area contributed by atoms with Crippen LogP contribution in [-0.2, 0) is 12.8 Å². The Kier molecular flexibility index (Phi) is 4.38. The quantitative estimate of drug-likeness (QED) is 0.667. The van der Waals surface area contributed by atoms with E-state index in [0.717, 1.165) is 34.9 Å². The minimum atomic E-state index is -0.0535. The Morgan fingerprint density at radius 1 is 1.00 bits per heavy atom. The number of benzene rings is 2. The number of carbonyl (C=O) groups is 1. The van der Waals surface area contributed by atoms with E-state index in [0.29, 0.717) is 24.3 Å². The second-order valence-electron chi connectivity index (χ2n) is 7.49. The van der Waals surface area contributed by atoms with Crippen LogP contribution in [0.5, 0.6) is 17.2 Å². The van der Waals surface area contributed by atoms with E-state index in [1.807, 2.05) is 46.0 Å². The highest BCUT2D eigenvalue weighted by Crippen LogP contribution is 2.42. The standard InChI is InChI=1S/C23H23N3O4/c1-28-16-6-4-15(5-7-16)26-20-12-19-17-11-22(30-3)21(29-2)10-14(17)8-9-25(19)23(27)18(20)13-24-26/h4-7,10-11,13,19H,8-9,12H2,1-3H3/t19-/m0/s1. The number of rotatable bonds is 4. The Hall–Kier alpha value is -3.48. The number of fused-ring (bicyclic) bond motifs is 4. The molecule has 30 heavy (non-hydrogen) atoms. The molecule has 2 aliphatic heterocycles. The average Bonchev–Trinajstić information content (AvgIpc) is 3.22. The van der Waals surface area contributed by atoms with Crippen molar-refractivity contribution in [1.29, 1.82) is 0 Å². The first kappa shape index (κ1) is 18.5. The molecule has 1 amide bonds. The van der Waals surface area contributed by atoms with Gasteiger partial charge in [-0.1, -0.05) is 0 Å². The van der Waals surface area contributed by atoms with Crippen LogP contribution in [0, 0.1) is 0 Å². The number of hydrogen-bond donors (Lipinski definition) is 0. The summed E-state index contributed by atoms with van der Waals surface area (Å²) in [4.78, 5) is 15.2. The fraction of sp³-hybridized carbons (Fsp3) is 0.304. The van der Waals surface area contributed by atoms with Crippen LogP contribution in [0.15, 0.2) is 42.6 Å². The monoisotopic (exact) mass is 405 g/mol. The molecule has 0 N–H and O–H groups in total. The van der Waals surface area contributed by atoms with Crippen LogP contribution in [0.25, 0.3) is 5.69 Å². The normalized spacial score (nSPS) is 17.1. The van der Waals surface area contributed by atoms with E-state index in [9.17, 15) is 4.79 Å². The summed E-state index contributed by atoms with van der Waals surface area (Å²) in [5.41, 5.74) is 4.81. The molecule has 0 aliphatic carbocycles. The lowest BCUT2D eigenvalue weighted by Gasteiger charge is -2.40. The number of aromatic nitrogens is 2. The Morgan fingerprint density at radius 2 is 1.73 bits per heavy atom. The van der Waals surface area contributed by atoms with Crippen LogP contribution in [0.4, 0.5) is 0 Å². The summed E-state index contributed by atoms with van der Waals surface area (Å²) < 4.78 is 18.1. The van der Waals surface area contributed by atoms with Gasteiger partial charge in [0.25, 0.3) is 5.91 Å². The van der Waals surface area contributed by atoms with Crippen LogP contribution in [0.3, 0.4) is 0 Å². The Labute approximate surface area is 174 Å². The lowest BCUT2D eigenvalue weighted by atomic mass is 9.85. The van der Waals surface area contributed by atoms with Gasteiger partial charge in [-0.15, -0.1) is 0 Å². The zero-order valence-corrected chi connectivity index (χ0v) is 17.2. The summed E-state index contributed by atoms with van der Waals surface area (Å²) in [6, 6.07) is 11.7. The molecule has 0 bridgehead atoms. The lowest BCUT2D eigenvalue weighted by Crippen LogP contribution is -2.44. The van der Waals surface area contributed by atoms with E-state index in [1.54, 1.807) is 27.5 Å². The molecule has 0 spiro atoms. The summed E-state index contributed by atoms with van der Waals surface area (Å²) >= 11 is 0. The van der Waals surface area contributed by atoms with Crippen LogP contribution in [-0.4, -0.2) is 48.5 Å². The average molecular weight is 405 g/mol. The Morgan fingerprint density at radius 3 is 2.43 bits per heavy atom. The molecule has 3 heterocycles. The molecular formula is C23H23N3O4. The third-order valence-corrected chi connectivity index (χ3v) is 6.07. The van der Waals surface area contributed by atoms with Gasteiger partial charge in [0, 0.05) is 13.0 Å². The van der Waals surface area contributed by atoms with Crippen molar-refractivity contribution in [3.05, 3.63) is 65.0 Å². The molecule has 0 fully saturated rings. The van der Waals surface area contributed by atoms with E-state index >= 15 is 0 Å². The molecule has 0 saturated heterocycles. The molecule has 1 aromatic heterocycles. The molecule has 154 valence electrons. The van der Waals surface area contributed by atoms with Crippen molar-refractivity contribution in [2.75, 3.05) is 27.9 Å². The fourth-order valence-corrected chi connectivity index (χ4v) is 4.52. The number of amides is 1. The summed E-state index contributed by atoms with van der Waals surface area (Å²) in [5, 5.41) is 4.53. The number of methoxy groups -OCH3 is 3. The topological polar surface area (TPSA) is 65.8 Å². The molecule has 2 aromatic carbocycles. The fourth-order valence-electron chi connectivity index (χ4n) is 4.52. The molecule has 0 unspecified atom stereocenters. The third-order valence-electron chi connectivity index (χ3n) is 6.07. The molecule has 1 atom stereocenters. The summed E-state index contributed by atoms with van der Waals surface area (Å²) in [7, 11) is 4.92. The lowest BCUT2D eigenvalue weighted by molar-refractivity contribution is 0.0629. The van der Waals surface area contributed by atoms with Crippen molar-refractivity contribution in [2.24, 2.45) is 0 Å². The van der Waals surface area contributed by atoms with Crippen LogP contribution >= 0.6 is 0 Å². The summed E-state index contributed by atoms with van der Waals surface area (Å²) in [5.74, 6) is 2.21. The Bertz CT molecular complexity index is 1120. The van der Waals surface area contributed by atoms with Gasteiger partial charge in [0.2, 0.25) is 0 Å². The van der Waals surface area contributed by atoms with Crippen LogP contribution in [0.2, 0.25) is 0 Å². The third kappa shape index (κ3) is 2.73. The smallest absolute Gasteiger partial charge is 0.257 e. The highest BCUT2D eigenvalue weighted by molar-refractivity contribution is 5.97.